The Hall–Kier alpha value is -0.830. The van der Waals surface area contributed by atoms with Gasteiger partial charge in [0.15, 0.2) is 0 Å². The molecule has 1 amide bonds. The van der Waals surface area contributed by atoms with Gasteiger partial charge in [-0.25, -0.2) is 4.72 Å². The molecule has 1 unspecified atom stereocenters. The van der Waals surface area contributed by atoms with Gasteiger partial charge in [0.1, 0.15) is 0 Å². The second-order valence-corrected chi connectivity index (χ2v) is 4.64. The first-order valence-electron chi connectivity index (χ1n) is 3.96. The third-order valence-corrected chi connectivity index (χ3v) is 2.75. The summed E-state index contributed by atoms with van der Waals surface area (Å²) in [5.74, 6) is -1.18. The maximum atomic E-state index is 11.8. The molecule has 1 saturated heterocycles. The van der Waals surface area contributed by atoms with Crippen molar-refractivity contribution in [1.29, 1.82) is 0 Å². The Morgan fingerprint density at radius 3 is 2.40 bits per heavy atom. The Morgan fingerprint density at radius 1 is 1.47 bits per heavy atom. The number of carbonyl (C=O) groups is 1. The summed E-state index contributed by atoms with van der Waals surface area (Å²) in [5.41, 5.74) is -5.46. The molecule has 5 nitrogen and oxygen atoms in total. The van der Waals surface area contributed by atoms with Crippen LogP contribution in [0.2, 0.25) is 0 Å². The number of hydrogen-bond donors (Lipinski definition) is 1. The van der Waals surface area contributed by atoms with Crippen LogP contribution in [0.25, 0.3) is 0 Å². The van der Waals surface area contributed by atoms with Gasteiger partial charge in [-0.15, -0.1) is 0 Å². The van der Waals surface area contributed by atoms with Gasteiger partial charge in [0, 0.05) is 6.42 Å². The predicted molar refractivity (Wildman–Crippen MR) is 42.1 cm³/mol. The van der Waals surface area contributed by atoms with Crippen molar-refractivity contribution in [2.24, 2.45) is 0 Å². The minimum Gasteiger partial charge on any atom is -0.373 e. The summed E-state index contributed by atoms with van der Waals surface area (Å²) >= 11 is 0. The van der Waals surface area contributed by atoms with E-state index in [9.17, 15) is 26.4 Å². The number of alkyl halides is 3. The van der Waals surface area contributed by atoms with E-state index in [0.29, 0.717) is 6.61 Å². The second-order valence-electron chi connectivity index (χ2n) is 2.97. The molecule has 0 aromatic heterocycles. The van der Waals surface area contributed by atoms with Crippen molar-refractivity contribution in [3.63, 3.8) is 0 Å². The Bertz CT molecular complexity index is 346. The van der Waals surface area contributed by atoms with E-state index in [1.807, 2.05) is 0 Å². The molecule has 0 aromatic carbocycles. The molecule has 0 radical (unpaired) electrons. The third-order valence-electron chi connectivity index (χ3n) is 1.65. The minimum atomic E-state index is -5.56. The highest BCUT2D eigenvalue weighted by Gasteiger charge is 2.46. The van der Waals surface area contributed by atoms with E-state index in [0.717, 1.165) is 4.72 Å². The highest BCUT2D eigenvalue weighted by atomic mass is 32.2. The van der Waals surface area contributed by atoms with Gasteiger partial charge in [-0.2, -0.15) is 21.6 Å². The molecule has 0 bridgehead atoms. The molecule has 0 saturated carbocycles. The van der Waals surface area contributed by atoms with Gasteiger partial charge >= 0.3 is 15.5 Å². The smallest absolute Gasteiger partial charge is 0.373 e. The molecule has 9 heteroatoms. The van der Waals surface area contributed by atoms with Crippen LogP contribution in [0.5, 0.6) is 0 Å². The van der Waals surface area contributed by atoms with Crippen molar-refractivity contribution in [1.82, 2.24) is 4.72 Å². The van der Waals surface area contributed by atoms with E-state index in [-0.39, 0.29) is 18.9 Å². The summed E-state index contributed by atoms with van der Waals surface area (Å²) in [6, 6.07) is 0. The van der Waals surface area contributed by atoms with Crippen molar-refractivity contribution in [3.8, 4) is 0 Å². The van der Waals surface area contributed by atoms with Crippen LogP contribution in [-0.4, -0.2) is 32.5 Å². The SMILES string of the molecule is O=C(CCC1CO1)NS(=O)(=O)C(F)(F)F. The summed E-state index contributed by atoms with van der Waals surface area (Å²) < 4.78 is 61.8. The molecule has 1 N–H and O–H groups in total. The van der Waals surface area contributed by atoms with E-state index in [4.69, 9.17) is 4.74 Å². The number of ether oxygens (including phenoxy) is 1. The van der Waals surface area contributed by atoms with E-state index in [1.165, 1.54) is 0 Å². The van der Waals surface area contributed by atoms with Gasteiger partial charge in [0.05, 0.1) is 12.7 Å². The molecule has 1 aliphatic heterocycles. The van der Waals surface area contributed by atoms with Gasteiger partial charge < -0.3 is 4.74 Å². The molecule has 1 aliphatic rings. The molecule has 1 heterocycles. The molecular formula is C6H8F3NO4S. The van der Waals surface area contributed by atoms with Gasteiger partial charge in [0.2, 0.25) is 5.91 Å². The lowest BCUT2D eigenvalue weighted by Gasteiger charge is -2.08. The van der Waals surface area contributed by atoms with Crippen LogP contribution in [-0.2, 0) is 19.6 Å². The number of hydrogen-bond acceptors (Lipinski definition) is 4. The fourth-order valence-corrected chi connectivity index (χ4v) is 1.30. The van der Waals surface area contributed by atoms with Crippen molar-refractivity contribution in [3.05, 3.63) is 0 Å². The van der Waals surface area contributed by atoms with Crippen LogP contribution < -0.4 is 4.72 Å². The van der Waals surface area contributed by atoms with Crippen LogP contribution in [0.1, 0.15) is 12.8 Å². The van der Waals surface area contributed by atoms with Gasteiger partial charge in [-0.3, -0.25) is 4.79 Å². The molecular weight excluding hydrogens is 239 g/mol. The summed E-state index contributed by atoms with van der Waals surface area (Å²) in [6.07, 6.45) is -0.219. The highest BCUT2D eigenvalue weighted by molar-refractivity contribution is 7.90. The first kappa shape index (κ1) is 12.2. The molecule has 0 aromatic rings. The standard InChI is InChI=1S/C6H8F3NO4S/c7-6(8,9)15(12,13)10-5(11)2-1-4-3-14-4/h4H,1-3H2,(H,10,11). The predicted octanol–water partition coefficient (Wildman–Crippen LogP) is 0.131. The van der Waals surface area contributed by atoms with Crippen molar-refractivity contribution in [2.75, 3.05) is 6.61 Å². The average molecular weight is 247 g/mol. The zero-order chi connectivity index (χ0) is 11.7. The highest BCUT2D eigenvalue weighted by Crippen LogP contribution is 2.22. The van der Waals surface area contributed by atoms with E-state index >= 15 is 0 Å². The number of halogens is 3. The summed E-state index contributed by atoms with van der Waals surface area (Å²) in [6.45, 7) is 0.458. The van der Waals surface area contributed by atoms with Crippen LogP contribution in [0.3, 0.4) is 0 Å². The molecule has 1 rings (SSSR count). The lowest BCUT2D eigenvalue weighted by molar-refractivity contribution is -0.120. The Kier molecular flexibility index (Phi) is 3.24. The van der Waals surface area contributed by atoms with Crippen molar-refractivity contribution < 1.29 is 31.1 Å². The zero-order valence-electron chi connectivity index (χ0n) is 7.37. The first-order valence-corrected chi connectivity index (χ1v) is 5.44. The summed E-state index contributed by atoms with van der Waals surface area (Å²) in [5, 5.41) is 0. The van der Waals surface area contributed by atoms with Crippen LogP contribution in [0.4, 0.5) is 13.2 Å². The normalized spacial score (nSPS) is 21.1. The van der Waals surface area contributed by atoms with Crippen LogP contribution >= 0.6 is 0 Å². The van der Waals surface area contributed by atoms with Crippen molar-refractivity contribution >= 4 is 15.9 Å². The fraction of sp³-hybridized carbons (Fsp3) is 0.833. The molecule has 1 atom stereocenters. The minimum absolute atomic E-state index is 0.135. The van der Waals surface area contributed by atoms with Gasteiger partial charge in [0.25, 0.3) is 0 Å². The lowest BCUT2D eigenvalue weighted by Crippen LogP contribution is -2.40. The van der Waals surface area contributed by atoms with E-state index in [2.05, 4.69) is 0 Å². The van der Waals surface area contributed by atoms with Crippen molar-refractivity contribution in [2.45, 2.75) is 24.5 Å². The molecule has 88 valence electrons. The molecule has 0 aliphatic carbocycles. The monoisotopic (exact) mass is 247 g/mol. The number of rotatable bonds is 4. The largest absolute Gasteiger partial charge is 0.516 e. The number of sulfonamides is 1. The van der Waals surface area contributed by atoms with E-state index < -0.39 is 21.4 Å². The molecule has 0 spiro atoms. The first-order chi connectivity index (χ1) is 6.72. The van der Waals surface area contributed by atoms with Crippen LogP contribution in [0.15, 0.2) is 0 Å². The number of epoxide rings is 1. The number of amides is 1. The lowest BCUT2D eigenvalue weighted by atomic mass is 10.2. The Labute approximate surface area is 83.6 Å². The quantitative estimate of drug-likeness (QED) is 0.716. The maximum absolute atomic E-state index is 11.8. The van der Waals surface area contributed by atoms with Crippen LogP contribution in [0, 0.1) is 0 Å². The number of nitrogens with one attached hydrogen (secondary N) is 1. The Balaban J connectivity index is 2.42. The number of carbonyl (C=O) groups excluding carboxylic acids is 1. The fourth-order valence-electron chi connectivity index (χ4n) is 0.786. The second kappa shape index (κ2) is 3.97. The van der Waals surface area contributed by atoms with Gasteiger partial charge in [-0.05, 0) is 6.42 Å². The zero-order valence-corrected chi connectivity index (χ0v) is 8.19. The summed E-state index contributed by atoms with van der Waals surface area (Å²) in [7, 11) is -5.56. The third kappa shape index (κ3) is 3.67. The Morgan fingerprint density at radius 2 is 2.00 bits per heavy atom. The average Bonchev–Trinajstić information content (AvgIpc) is 2.80. The maximum Gasteiger partial charge on any atom is 0.516 e. The van der Waals surface area contributed by atoms with E-state index in [1.54, 1.807) is 0 Å². The summed E-state index contributed by atoms with van der Waals surface area (Å²) in [4.78, 5) is 10.8. The molecule has 1 fully saturated rings. The molecule has 15 heavy (non-hydrogen) atoms. The van der Waals surface area contributed by atoms with Gasteiger partial charge in [-0.1, -0.05) is 0 Å². The topological polar surface area (TPSA) is 75.8 Å².